The Morgan fingerprint density at radius 3 is 2.60 bits per heavy atom. The second-order valence-corrected chi connectivity index (χ2v) is 6.26. The Morgan fingerprint density at radius 1 is 1.40 bits per heavy atom. The number of carbonyl (C=O) groups excluding carboxylic acids is 1. The average Bonchev–Trinajstić information content (AvgIpc) is 2.91. The van der Waals surface area contributed by atoms with Crippen LogP contribution < -0.4 is 5.32 Å². The number of hydrogen-bond donors (Lipinski definition) is 1. The molecule has 20 heavy (non-hydrogen) atoms. The van der Waals surface area contributed by atoms with Crippen molar-refractivity contribution in [2.45, 2.75) is 40.5 Å². The summed E-state index contributed by atoms with van der Waals surface area (Å²) in [6.45, 7) is 10.5. The van der Waals surface area contributed by atoms with E-state index in [1.54, 1.807) is 11.3 Å². The molecule has 5 heteroatoms. The van der Waals surface area contributed by atoms with E-state index in [1.165, 1.54) is 4.88 Å². The number of aromatic nitrogens is 1. The number of thiophene rings is 1. The van der Waals surface area contributed by atoms with Crippen molar-refractivity contribution in [2.75, 3.05) is 6.54 Å². The topological polar surface area (TPSA) is 55.1 Å². The van der Waals surface area contributed by atoms with Crippen LogP contribution >= 0.6 is 11.3 Å². The maximum Gasteiger partial charge on any atom is 0.252 e. The Balaban J connectivity index is 2.02. The van der Waals surface area contributed by atoms with Crippen molar-refractivity contribution in [3.63, 3.8) is 0 Å². The highest BCUT2D eigenvalue weighted by atomic mass is 32.1. The van der Waals surface area contributed by atoms with Crippen LogP contribution in [-0.2, 0) is 0 Å². The summed E-state index contributed by atoms with van der Waals surface area (Å²) in [7, 11) is 0. The summed E-state index contributed by atoms with van der Waals surface area (Å²) in [5, 5.41) is 8.87. The standard InChI is InChI=1S/C15H20N2O2S/c1-8(14-10(3)17-19-11(14)4)6-16-15(18)13-7-20-12(5)9(13)2/h7-8H,6H2,1-5H3,(H,16,18)/t8-/m0/s1. The highest BCUT2D eigenvalue weighted by Gasteiger charge is 2.18. The highest BCUT2D eigenvalue weighted by Crippen LogP contribution is 2.23. The molecule has 0 bridgehead atoms. The molecular formula is C15H20N2O2S. The molecule has 0 aromatic carbocycles. The Kier molecular flexibility index (Phi) is 4.28. The summed E-state index contributed by atoms with van der Waals surface area (Å²) in [6.07, 6.45) is 0. The molecule has 0 radical (unpaired) electrons. The Morgan fingerprint density at radius 2 is 2.10 bits per heavy atom. The predicted molar refractivity (Wildman–Crippen MR) is 80.5 cm³/mol. The van der Waals surface area contributed by atoms with Gasteiger partial charge in [-0.1, -0.05) is 12.1 Å². The first-order valence-electron chi connectivity index (χ1n) is 6.67. The zero-order valence-corrected chi connectivity index (χ0v) is 13.4. The second-order valence-electron chi connectivity index (χ2n) is 5.18. The molecule has 2 aromatic heterocycles. The largest absolute Gasteiger partial charge is 0.361 e. The average molecular weight is 292 g/mol. The highest BCUT2D eigenvalue weighted by molar-refractivity contribution is 7.10. The zero-order valence-electron chi connectivity index (χ0n) is 12.5. The third-order valence-electron chi connectivity index (χ3n) is 3.68. The number of nitrogens with zero attached hydrogens (tertiary/aromatic N) is 1. The third kappa shape index (κ3) is 2.77. The minimum atomic E-state index is -0.00883. The van der Waals surface area contributed by atoms with Crippen molar-refractivity contribution in [3.05, 3.63) is 38.4 Å². The summed E-state index contributed by atoms with van der Waals surface area (Å²) in [5.74, 6) is 1.00. The molecule has 1 amide bonds. The Bertz CT molecular complexity index is 608. The first kappa shape index (κ1) is 14.8. The van der Waals surface area contributed by atoms with Crippen LogP contribution in [0.4, 0.5) is 0 Å². The molecule has 2 heterocycles. The van der Waals surface area contributed by atoms with Crippen LogP contribution in [0.25, 0.3) is 0 Å². The van der Waals surface area contributed by atoms with Gasteiger partial charge in [-0.15, -0.1) is 11.3 Å². The first-order chi connectivity index (χ1) is 9.41. The van der Waals surface area contributed by atoms with E-state index in [0.29, 0.717) is 6.54 Å². The molecule has 2 rings (SSSR count). The number of carbonyl (C=O) groups is 1. The fraction of sp³-hybridized carbons (Fsp3) is 0.467. The maximum absolute atomic E-state index is 12.2. The Labute approximate surface area is 123 Å². The number of aryl methyl sites for hydroxylation is 3. The lowest BCUT2D eigenvalue weighted by atomic mass is 9.99. The molecule has 0 fully saturated rings. The smallest absolute Gasteiger partial charge is 0.252 e. The van der Waals surface area contributed by atoms with Gasteiger partial charge in [-0.25, -0.2) is 0 Å². The van der Waals surface area contributed by atoms with Gasteiger partial charge in [0.25, 0.3) is 5.91 Å². The van der Waals surface area contributed by atoms with Gasteiger partial charge in [0.05, 0.1) is 11.3 Å². The van der Waals surface area contributed by atoms with Crippen molar-refractivity contribution in [2.24, 2.45) is 0 Å². The third-order valence-corrected chi connectivity index (χ3v) is 4.69. The summed E-state index contributed by atoms with van der Waals surface area (Å²) < 4.78 is 5.17. The van der Waals surface area contributed by atoms with Gasteiger partial charge >= 0.3 is 0 Å². The van der Waals surface area contributed by atoms with E-state index in [0.717, 1.165) is 28.1 Å². The second kappa shape index (κ2) is 5.79. The minimum absolute atomic E-state index is 0.00883. The molecule has 0 saturated carbocycles. The van der Waals surface area contributed by atoms with E-state index >= 15 is 0 Å². The van der Waals surface area contributed by atoms with Crippen LogP contribution in [0.15, 0.2) is 9.90 Å². The lowest BCUT2D eigenvalue weighted by Gasteiger charge is -2.12. The van der Waals surface area contributed by atoms with Crippen LogP contribution in [0.2, 0.25) is 0 Å². The lowest BCUT2D eigenvalue weighted by Crippen LogP contribution is -2.28. The van der Waals surface area contributed by atoms with E-state index in [-0.39, 0.29) is 11.8 Å². The molecule has 0 aliphatic heterocycles. The van der Waals surface area contributed by atoms with E-state index in [9.17, 15) is 4.79 Å². The van der Waals surface area contributed by atoms with Crippen LogP contribution in [0.1, 0.15) is 50.7 Å². The van der Waals surface area contributed by atoms with Crippen LogP contribution in [0.3, 0.4) is 0 Å². The monoisotopic (exact) mass is 292 g/mol. The molecule has 108 valence electrons. The van der Waals surface area contributed by atoms with Gasteiger partial charge in [-0.05, 0) is 33.3 Å². The van der Waals surface area contributed by atoms with E-state index in [4.69, 9.17) is 4.52 Å². The quantitative estimate of drug-likeness (QED) is 0.938. The molecule has 0 saturated heterocycles. The number of nitrogens with one attached hydrogen (secondary N) is 1. The molecular weight excluding hydrogens is 272 g/mol. The van der Waals surface area contributed by atoms with Crippen molar-refractivity contribution in [1.82, 2.24) is 10.5 Å². The van der Waals surface area contributed by atoms with Gasteiger partial charge in [-0.2, -0.15) is 0 Å². The summed E-state index contributed by atoms with van der Waals surface area (Å²) in [4.78, 5) is 13.4. The zero-order chi connectivity index (χ0) is 14.9. The molecule has 0 spiro atoms. The van der Waals surface area contributed by atoms with E-state index in [2.05, 4.69) is 17.4 Å². The normalized spacial score (nSPS) is 12.4. The fourth-order valence-corrected chi connectivity index (χ4v) is 3.24. The molecule has 2 aromatic rings. The van der Waals surface area contributed by atoms with E-state index in [1.807, 2.05) is 33.1 Å². The van der Waals surface area contributed by atoms with Gasteiger partial charge in [0, 0.05) is 28.3 Å². The molecule has 4 nitrogen and oxygen atoms in total. The van der Waals surface area contributed by atoms with Crippen molar-refractivity contribution < 1.29 is 9.32 Å². The van der Waals surface area contributed by atoms with Crippen molar-refractivity contribution >= 4 is 17.2 Å². The van der Waals surface area contributed by atoms with Gasteiger partial charge in [0.1, 0.15) is 5.76 Å². The van der Waals surface area contributed by atoms with Crippen LogP contribution in [0, 0.1) is 27.7 Å². The molecule has 0 aliphatic rings. The molecule has 1 N–H and O–H groups in total. The van der Waals surface area contributed by atoms with Gasteiger partial charge in [0.2, 0.25) is 0 Å². The molecule has 0 aliphatic carbocycles. The van der Waals surface area contributed by atoms with E-state index < -0.39 is 0 Å². The number of rotatable bonds is 4. The van der Waals surface area contributed by atoms with Crippen LogP contribution in [0.5, 0.6) is 0 Å². The first-order valence-corrected chi connectivity index (χ1v) is 7.55. The predicted octanol–water partition coefficient (Wildman–Crippen LogP) is 3.50. The fourth-order valence-electron chi connectivity index (χ4n) is 2.37. The number of amides is 1. The summed E-state index contributed by atoms with van der Waals surface area (Å²) in [6, 6.07) is 0. The van der Waals surface area contributed by atoms with Crippen molar-refractivity contribution in [1.29, 1.82) is 0 Å². The van der Waals surface area contributed by atoms with Crippen LogP contribution in [-0.4, -0.2) is 17.6 Å². The minimum Gasteiger partial charge on any atom is -0.361 e. The summed E-state index contributed by atoms with van der Waals surface area (Å²) >= 11 is 1.61. The summed E-state index contributed by atoms with van der Waals surface area (Å²) in [5.41, 5.74) is 3.83. The molecule has 0 unspecified atom stereocenters. The number of hydrogen-bond acceptors (Lipinski definition) is 4. The maximum atomic E-state index is 12.2. The van der Waals surface area contributed by atoms with Gasteiger partial charge in [0.15, 0.2) is 0 Å². The van der Waals surface area contributed by atoms with Gasteiger partial charge < -0.3 is 9.84 Å². The Hall–Kier alpha value is -1.62. The molecule has 1 atom stereocenters. The van der Waals surface area contributed by atoms with Crippen molar-refractivity contribution in [3.8, 4) is 0 Å². The van der Waals surface area contributed by atoms with Gasteiger partial charge in [-0.3, -0.25) is 4.79 Å². The lowest BCUT2D eigenvalue weighted by molar-refractivity contribution is 0.0951. The SMILES string of the molecule is Cc1noc(C)c1[C@@H](C)CNC(=O)c1csc(C)c1C.